The van der Waals surface area contributed by atoms with Gasteiger partial charge in [0, 0.05) is 22.2 Å². The Morgan fingerprint density at radius 3 is 1.08 bits per heavy atom. The van der Waals surface area contributed by atoms with Crippen LogP contribution in [0.4, 0.5) is 11.4 Å². The number of aromatic hydroxyl groups is 2. The molecule has 0 bridgehead atoms. The lowest BCUT2D eigenvalue weighted by molar-refractivity contribution is -0.135. The average molecular weight is 509 g/mol. The van der Waals surface area contributed by atoms with E-state index < -0.39 is 11.8 Å². The molecule has 2 amide bonds. The first-order chi connectivity index (χ1) is 17.9. The third-order valence-electron chi connectivity index (χ3n) is 7.29. The predicted octanol–water partition coefficient (Wildman–Crippen LogP) is 5.90. The van der Waals surface area contributed by atoms with Crippen molar-refractivity contribution >= 4 is 23.2 Å². The second kappa shape index (κ2) is 10.1. The summed E-state index contributed by atoms with van der Waals surface area (Å²) in [6.07, 6.45) is 0. The van der Waals surface area contributed by atoms with Crippen molar-refractivity contribution in [2.75, 3.05) is 4.90 Å². The molecule has 0 spiro atoms. The summed E-state index contributed by atoms with van der Waals surface area (Å²) in [5.41, 5.74) is 9.81. The minimum Gasteiger partial charge on any atom is -0.508 e. The summed E-state index contributed by atoms with van der Waals surface area (Å²) in [7, 11) is 0. The van der Waals surface area contributed by atoms with Gasteiger partial charge in [-0.1, -0.05) is 76.2 Å². The van der Waals surface area contributed by atoms with Gasteiger partial charge in [0.05, 0.1) is 0 Å². The van der Waals surface area contributed by atoms with Crippen LogP contribution in [0.25, 0.3) is 0 Å². The van der Waals surface area contributed by atoms with Gasteiger partial charge in [-0.05, 0) is 70.8 Å². The number of phenols is 2. The fraction of sp³-hybridized carbons (Fsp3) is 0.188. The Balaban J connectivity index is 1.67. The Hall–Kier alpha value is -4.58. The van der Waals surface area contributed by atoms with Crippen LogP contribution in [0.15, 0.2) is 97.1 Å². The fourth-order valence-corrected chi connectivity index (χ4v) is 4.64. The standard InChI is InChI=1S/C32H32N2O4/c1-31(2,23-9-17-27(35)18-10-23)21-5-13-25(14-6-21)34(30(38)29(33)37)26-15-7-22(8-16-26)32(3,4)24-11-19-28(36)20-12-24/h5-20,35-36H,1-4H3,(H2,33,37). The van der Waals surface area contributed by atoms with Crippen LogP contribution in [0.3, 0.4) is 0 Å². The van der Waals surface area contributed by atoms with Crippen LogP contribution < -0.4 is 10.6 Å². The molecule has 38 heavy (non-hydrogen) atoms. The number of nitrogens with two attached hydrogens (primary N) is 1. The number of benzene rings is 4. The van der Waals surface area contributed by atoms with Crippen molar-refractivity contribution in [1.82, 2.24) is 0 Å². The van der Waals surface area contributed by atoms with E-state index in [1.165, 1.54) is 4.90 Å². The van der Waals surface area contributed by atoms with Gasteiger partial charge in [-0.25, -0.2) is 0 Å². The number of amides is 2. The number of nitrogens with zero attached hydrogens (tertiary/aromatic N) is 1. The molecule has 0 heterocycles. The zero-order valence-corrected chi connectivity index (χ0v) is 22.0. The topological polar surface area (TPSA) is 104 Å². The molecular weight excluding hydrogens is 476 g/mol. The molecule has 6 heteroatoms. The lowest BCUT2D eigenvalue weighted by atomic mass is 9.78. The number of primary amides is 1. The van der Waals surface area contributed by atoms with Crippen LogP contribution in [-0.2, 0) is 20.4 Å². The Morgan fingerprint density at radius 1 is 0.553 bits per heavy atom. The smallest absolute Gasteiger partial charge is 0.320 e. The fourth-order valence-electron chi connectivity index (χ4n) is 4.64. The molecule has 0 aliphatic heterocycles. The van der Waals surface area contributed by atoms with Crippen molar-refractivity contribution in [1.29, 1.82) is 0 Å². The second-order valence-electron chi connectivity index (χ2n) is 10.4. The third kappa shape index (κ3) is 5.11. The molecule has 0 radical (unpaired) electrons. The van der Waals surface area contributed by atoms with Gasteiger partial charge in [0.1, 0.15) is 11.5 Å². The summed E-state index contributed by atoms with van der Waals surface area (Å²) in [5.74, 6) is -1.47. The molecule has 0 aromatic heterocycles. The number of hydrogen-bond acceptors (Lipinski definition) is 4. The Bertz CT molecular complexity index is 1340. The molecule has 0 atom stereocenters. The first kappa shape index (κ1) is 26.5. The van der Waals surface area contributed by atoms with E-state index >= 15 is 0 Å². The minimum atomic E-state index is -1.05. The third-order valence-corrected chi connectivity index (χ3v) is 7.29. The van der Waals surface area contributed by atoms with Gasteiger partial charge in [-0.2, -0.15) is 0 Å². The first-order valence-corrected chi connectivity index (χ1v) is 12.4. The Morgan fingerprint density at radius 2 is 0.816 bits per heavy atom. The van der Waals surface area contributed by atoms with Gasteiger partial charge in [0.25, 0.3) is 0 Å². The van der Waals surface area contributed by atoms with Crippen LogP contribution in [0.1, 0.15) is 49.9 Å². The number of anilines is 2. The number of carbonyl (C=O) groups is 2. The van der Waals surface area contributed by atoms with E-state index in [1.54, 1.807) is 48.5 Å². The monoisotopic (exact) mass is 508 g/mol. The van der Waals surface area contributed by atoms with E-state index in [0.29, 0.717) is 11.4 Å². The van der Waals surface area contributed by atoms with Crippen LogP contribution in [0.5, 0.6) is 11.5 Å². The highest BCUT2D eigenvalue weighted by molar-refractivity contribution is 6.41. The molecule has 0 saturated carbocycles. The molecular formula is C32H32N2O4. The van der Waals surface area contributed by atoms with E-state index in [4.69, 9.17) is 5.73 Å². The highest BCUT2D eigenvalue weighted by Crippen LogP contribution is 2.36. The zero-order chi connectivity index (χ0) is 27.7. The van der Waals surface area contributed by atoms with Crippen molar-refractivity contribution < 1.29 is 19.8 Å². The van der Waals surface area contributed by atoms with Crippen molar-refractivity contribution in [2.24, 2.45) is 5.73 Å². The average Bonchev–Trinajstić information content (AvgIpc) is 2.90. The summed E-state index contributed by atoms with van der Waals surface area (Å²) in [6, 6.07) is 29.0. The lowest BCUT2D eigenvalue weighted by Gasteiger charge is -2.29. The molecule has 0 aliphatic carbocycles. The predicted molar refractivity (Wildman–Crippen MR) is 150 cm³/mol. The Kier molecular flexibility index (Phi) is 7.01. The highest BCUT2D eigenvalue weighted by atomic mass is 16.3. The normalized spacial score (nSPS) is 11.7. The number of hydrogen-bond donors (Lipinski definition) is 3. The van der Waals surface area contributed by atoms with Crippen LogP contribution in [0.2, 0.25) is 0 Å². The van der Waals surface area contributed by atoms with Gasteiger partial charge in [0.15, 0.2) is 0 Å². The molecule has 0 saturated heterocycles. The van der Waals surface area contributed by atoms with Crippen molar-refractivity contribution in [3.63, 3.8) is 0 Å². The summed E-state index contributed by atoms with van der Waals surface area (Å²) in [5, 5.41) is 19.3. The maximum atomic E-state index is 12.9. The van der Waals surface area contributed by atoms with Crippen molar-refractivity contribution in [2.45, 2.75) is 38.5 Å². The van der Waals surface area contributed by atoms with Crippen LogP contribution in [0, 0.1) is 0 Å². The molecule has 0 aliphatic rings. The Labute approximate surface area is 223 Å². The molecule has 0 fully saturated rings. The molecule has 6 nitrogen and oxygen atoms in total. The zero-order valence-electron chi connectivity index (χ0n) is 22.0. The first-order valence-electron chi connectivity index (χ1n) is 12.4. The number of rotatable bonds is 6. The lowest BCUT2D eigenvalue weighted by Crippen LogP contribution is -2.37. The summed E-state index contributed by atoms with van der Waals surface area (Å²) in [4.78, 5) is 26.2. The molecule has 0 unspecified atom stereocenters. The second-order valence-corrected chi connectivity index (χ2v) is 10.4. The van der Waals surface area contributed by atoms with Crippen molar-refractivity contribution in [3.8, 4) is 11.5 Å². The van der Waals surface area contributed by atoms with Gasteiger partial charge in [-0.15, -0.1) is 0 Å². The highest BCUT2D eigenvalue weighted by Gasteiger charge is 2.27. The molecule has 4 aromatic carbocycles. The molecule has 194 valence electrons. The summed E-state index contributed by atoms with van der Waals surface area (Å²) < 4.78 is 0. The number of phenolic OH excluding ortho intramolecular Hbond substituents is 2. The van der Waals surface area contributed by atoms with E-state index in [2.05, 4.69) is 27.7 Å². The summed E-state index contributed by atoms with van der Waals surface area (Å²) >= 11 is 0. The SMILES string of the molecule is CC(C)(c1ccc(O)cc1)c1ccc(N(C(=O)C(N)=O)c2ccc(C(C)(C)c3ccc(O)cc3)cc2)cc1. The largest absolute Gasteiger partial charge is 0.508 e. The van der Waals surface area contributed by atoms with Gasteiger partial charge in [-0.3, -0.25) is 14.5 Å². The number of carbonyl (C=O) groups excluding carboxylic acids is 2. The van der Waals surface area contributed by atoms with Crippen molar-refractivity contribution in [3.05, 3.63) is 119 Å². The molecule has 4 rings (SSSR count). The van der Waals surface area contributed by atoms with Gasteiger partial charge < -0.3 is 15.9 Å². The quantitative estimate of drug-likeness (QED) is 0.282. The minimum absolute atomic E-state index is 0.206. The maximum Gasteiger partial charge on any atom is 0.320 e. The molecule has 4 aromatic rings. The summed E-state index contributed by atoms with van der Waals surface area (Å²) in [6.45, 7) is 8.31. The molecule has 4 N–H and O–H groups in total. The maximum absolute atomic E-state index is 12.9. The van der Waals surface area contributed by atoms with Crippen LogP contribution >= 0.6 is 0 Å². The van der Waals surface area contributed by atoms with Gasteiger partial charge in [0.2, 0.25) is 0 Å². The van der Waals surface area contributed by atoms with E-state index in [0.717, 1.165) is 22.3 Å². The van der Waals surface area contributed by atoms with Gasteiger partial charge >= 0.3 is 11.8 Å². The van der Waals surface area contributed by atoms with Crippen LogP contribution in [-0.4, -0.2) is 22.0 Å². The van der Waals surface area contributed by atoms with E-state index in [-0.39, 0.29) is 22.3 Å². The van der Waals surface area contributed by atoms with E-state index in [1.807, 2.05) is 48.5 Å². The van der Waals surface area contributed by atoms with E-state index in [9.17, 15) is 19.8 Å².